The van der Waals surface area contributed by atoms with E-state index in [2.05, 4.69) is 4.74 Å². The predicted octanol–water partition coefficient (Wildman–Crippen LogP) is 1.92. The summed E-state index contributed by atoms with van der Waals surface area (Å²) < 4.78 is 50.3. The SMILES string of the molecule is CC(F)(F)COC(F)CF. The molecule has 0 fully saturated rings. The third-order valence-electron chi connectivity index (χ3n) is 0.639. The Morgan fingerprint density at radius 3 is 2.30 bits per heavy atom. The average Bonchev–Trinajstić information content (AvgIpc) is 1.81. The fourth-order valence-corrected chi connectivity index (χ4v) is 0.281. The van der Waals surface area contributed by atoms with Gasteiger partial charge < -0.3 is 4.74 Å². The highest BCUT2D eigenvalue weighted by Gasteiger charge is 2.23. The first kappa shape index (κ1) is 9.68. The second-order valence-corrected chi connectivity index (χ2v) is 1.95. The van der Waals surface area contributed by atoms with Crippen LogP contribution < -0.4 is 0 Å². The van der Waals surface area contributed by atoms with Crippen LogP contribution in [-0.4, -0.2) is 25.6 Å². The minimum atomic E-state index is -3.10. The summed E-state index contributed by atoms with van der Waals surface area (Å²) >= 11 is 0. The molecule has 0 amide bonds. The van der Waals surface area contributed by atoms with Crippen molar-refractivity contribution in [2.45, 2.75) is 19.2 Å². The number of ether oxygens (including phenoxy) is 1. The molecular weight excluding hydrogens is 152 g/mol. The zero-order valence-electron chi connectivity index (χ0n) is 5.41. The van der Waals surface area contributed by atoms with Crippen molar-refractivity contribution in [1.29, 1.82) is 0 Å². The molecule has 5 heteroatoms. The van der Waals surface area contributed by atoms with Gasteiger partial charge in [-0.25, -0.2) is 17.6 Å². The van der Waals surface area contributed by atoms with Gasteiger partial charge in [0.2, 0.25) is 6.36 Å². The van der Waals surface area contributed by atoms with Gasteiger partial charge in [-0.3, -0.25) is 0 Å². The topological polar surface area (TPSA) is 9.23 Å². The number of rotatable bonds is 4. The molecule has 62 valence electrons. The van der Waals surface area contributed by atoms with E-state index in [0.717, 1.165) is 0 Å². The average molecular weight is 160 g/mol. The van der Waals surface area contributed by atoms with Crippen LogP contribution in [0.15, 0.2) is 0 Å². The molecule has 0 spiro atoms. The summed E-state index contributed by atoms with van der Waals surface area (Å²) in [4.78, 5) is 0. The van der Waals surface area contributed by atoms with Gasteiger partial charge >= 0.3 is 0 Å². The van der Waals surface area contributed by atoms with Crippen LogP contribution in [0.5, 0.6) is 0 Å². The van der Waals surface area contributed by atoms with E-state index in [4.69, 9.17) is 0 Å². The summed E-state index contributed by atoms with van der Waals surface area (Å²) in [7, 11) is 0. The van der Waals surface area contributed by atoms with E-state index >= 15 is 0 Å². The van der Waals surface area contributed by atoms with Crippen LogP contribution in [-0.2, 0) is 4.74 Å². The van der Waals surface area contributed by atoms with Crippen molar-refractivity contribution >= 4 is 0 Å². The summed E-state index contributed by atoms with van der Waals surface area (Å²) in [6.45, 7) is -1.91. The molecule has 0 bridgehead atoms. The number of hydrogen-bond acceptors (Lipinski definition) is 1. The Morgan fingerprint density at radius 1 is 1.50 bits per heavy atom. The Balaban J connectivity index is 3.36. The van der Waals surface area contributed by atoms with Crippen molar-refractivity contribution in [3.63, 3.8) is 0 Å². The quantitative estimate of drug-likeness (QED) is 0.571. The molecule has 0 aromatic heterocycles. The molecule has 0 aliphatic heterocycles. The monoisotopic (exact) mass is 160 g/mol. The van der Waals surface area contributed by atoms with E-state index < -0.39 is 25.6 Å². The summed E-state index contributed by atoms with van der Waals surface area (Å²) in [6, 6.07) is 0. The van der Waals surface area contributed by atoms with Gasteiger partial charge in [0, 0.05) is 6.92 Å². The van der Waals surface area contributed by atoms with Crippen molar-refractivity contribution in [3.8, 4) is 0 Å². The number of alkyl halides is 4. The fourth-order valence-electron chi connectivity index (χ4n) is 0.281. The van der Waals surface area contributed by atoms with Crippen molar-refractivity contribution in [1.82, 2.24) is 0 Å². The van der Waals surface area contributed by atoms with Crippen molar-refractivity contribution in [2.75, 3.05) is 13.3 Å². The Hall–Kier alpha value is -0.320. The second-order valence-electron chi connectivity index (χ2n) is 1.95. The zero-order chi connectivity index (χ0) is 8.20. The summed E-state index contributed by atoms with van der Waals surface area (Å²) in [6.07, 6.45) is -2.23. The summed E-state index contributed by atoms with van der Waals surface area (Å²) in [5.74, 6) is -3.10. The highest BCUT2D eigenvalue weighted by atomic mass is 19.3. The van der Waals surface area contributed by atoms with Crippen molar-refractivity contribution in [2.24, 2.45) is 0 Å². The molecule has 10 heavy (non-hydrogen) atoms. The van der Waals surface area contributed by atoms with E-state index in [1.807, 2.05) is 0 Å². The van der Waals surface area contributed by atoms with Gasteiger partial charge in [0.1, 0.15) is 13.3 Å². The minimum absolute atomic E-state index is 0.567. The zero-order valence-corrected chi connectivity index (χ0v) is 5.41. The largest absolute Gasteiger partial charge is 0.340 e. The first-order chi connectivity index (χ1) is 4.45. The third kappa shape index (κ3) is 5.81. The third-order valence-corrected chi connectivity index (χ3v) is 0.639. The molecule has 0 heterocycles. The molecule has 1 atom stereocenters. The lowest BCUT2D eigenvalue weighted by Gasteiger charge is -2.11. The lowest BCUT2D eigenvalue weighted by atomic mass is 10.4. The highest BCUT2D eigenvalue weighted by Crippen LogP contribution is 2.12. The van der Waals surface area contributed by atoms with Crippen LogP contribution in [0.3, 0.4) is 0 Å². The molecule has 0 saturated heterocycles. The molecule has 0 rings (SSSR count). The van der Waals surface area contributed by atoms with Crippen molar-refractivity contribution in [3.05, 3.63) is 0 Å². The number of hydrogen-bond donors (Lipinski definition) is 0. The van der Waals surface area contributed by atoms with Crippen LogP contribution >= 0.6 is 0 Å². The van der Waals surface area contributed by atoms with Gasteiger partial charge in [0.05, 0.1) is 0 Å². The Morgan fingerprint density at radius 2 is 2.00 bits per heavy atom. The molecule has 1 unspecified atom stereocenters. The molecule has 0 aromatic carbocycles. The lowest BCUT2D eigenvalue weighted by Crippen LogP contribution is -2.23. The predicted molar refractivity (Wildman–Crippen MR) is 27.4 cm³/mol. The van der Waals surface area contributed by atoms with Crippen LogP contribution in [0.1, 0.15) is 6.92 Å². The van der Waals surface area contributed by atoms with E-state index in [-0.39, 0.29) is 0 Å². The maximum absolute atomic E-state index is 11.8. The first-order valence-corrected chi connectivity index (χ1v) is 2.65. The van der Waals surface area contributed by atoms with Crippen LogP contribution in [0.25, 0.3) is 0 Å². The van der Waals surface area contributed by atoms with Gasteiger partial charge in [-0.15, -0.1) is 0 Å². The van der Waals surface area contributed by atoms with Gasteiger partial charge in [-0.1, -0.05) is 0 Å². The first-order valence-electron chi connectivity index (χ1n) is 2.65. The normalized spacial score (nSPS) is 15.3. The molecule has 0 aliphatic carbocycles. The molecule has 0 aromatic rings. The molecule has 0 aliphatic rings. The highest BCUT2D eigenvalue weighted by molar-refractivity contribution is 4.55. The molecule has 0 radical (unpaired) electrons. The standard InChI is InChI=1S/C5H8F4O/c1-5(8,9)3-10-4(7)2-6/h4H,2-3H2,1H3. The lowest BCUT2D eigenvalue weighted by molar-refractivity contribution is -0.129. The van der Waals surface area contributed by atoms with E-state index in [1.165, 1.54) is 0 Å². The van der Waals surface area contributed by atoms with E-state index in [9.17, 15) is 17.6 Å². The van der Waals surface area contributed by atoms with Crippen LogP contribution in [0.2, 0.25) is 0 Å². The van der Waals surface area contributed by atoms with Crippen molar-refractivity contribution < 1.29 is 22.3 Å². The minimum Gasteiger partial charge on any atom is -0.340 e. The number of halogens is 4. The molecular formula is C5H8F4O. The second kappa shape index (κ2) is 3.75. The van der Waals surface area contributed by atoms with Crippen LogP contribution in [0.4, 0.5) is 17.6 Å². The maximum atomic E-state index is 11.8. The molecule has 0 N–H and O–H groups in total. The maximum Gasteiger partial charge on any atom is 0.268 e. The molecule has 1 nitrogen and oxygen atoms in total. The summed E-state index contributed by atoms with van der Waals surface area (Å²) in [5.41, 5.74) is 0. The van der Waals surface area contributed by atoms with Crippen LogP contribution in [0, 0.1) is 0 Å². The van der Waals surface area contributed by atoms with E-state index in [1.54, 1.807) is 0 Å². The Labute approximate surface area is 56.0 Å². The van der Waals surface area contributed by atoms with Gasteiger partial charge in [0.15, 0.2) is 0 Å². The fraction of sp³-hybridized carbons (Fsp3) is 1.00. The smallest absolute Gasteiger partial charge is 0.268 e. The van der Waals surface area contributed by atoms with Gasteiger partial charge in [-0.2, -0.15) is 0 Å². The van der Waals surface area contributed by atoms with E-state index in [0.29, 0.717) is 6.92 Å². The van der Waals surface area contributed by atoms with Gasteiger partial charge in [-0.05, 0) is 0 Å². The van der Waals surface area contributed by atoms with Gasteiger partial charge in [0.25, 0.3) is 5.92 Å². The Bertz CT molecular complexity index is 90.1. The Kier molecular flexibility index (Phi) is 3.63. The summed E-state index contributed by atoms with van der Waals surface area (Å²) in [5, 5.41) is 0. The molecule has 0 saturated carbocycles.